The van der Waals surface area contributed by atoms with E-state index < -0.39 is 5.60 Å². The van der Waals surface area contributed by atoms with Gasteiger partial charge in [0.25, 0.3) is 0 Å². The topological polar surface area (TPSA) is 53.4 Å². The molecule has 0 spiro atoms. The lowest BCUT2D eigenvalue weighted by atomic mass is 9.49. The molecule has 33 heavy (non-hydrogen) atoms. The molecule has 1 heterocycles. The molecule has 0 amide bonds. The highest BCUT2D eigenvalue weighted by molar-refractivity contribution is 5.95. The Labute approximate surface area is 196 Å². The van der Waals surface area contributed by atoms with Crippen molar-refractivity contribution >= 4 is 16.3 Å². The highest BCUT2D eigenvalue weighted by Crippen LogP contribution is 2.67. The van der Waals surface area contributed by atoms with Crippen LogP contribution in [0.3, 0.4) is 0 Å². The largest absolute Gasteiger partial charge is 0.393 e. The van der Waals surface area contributed by atoms with Crippen LogP contribution in [-0.2, 0) is 0 Å². The maximum Gasteiger partial charge on any atom is 0.0933 e. The Bertz CT molecular complexity index is 1220. The van der Waals surface area contributed by atoms with Crippen molar-refractivity contribution in [2.75, 3.05) is 0 Å². The van der Waals surface area contributed by atoms with E-state index in [4.69, 9.17) is 0 Å². The fraction of sp³-hybridized carbons (Fsp3) is 0.500. The molecular weight excluding hydrogens is 406 g/mol. The molecule has 4 unspecified atom stereocenters. The van der Waals surface area contributed by atoms with Crippen LogP contribution in [0.15, 0.2) is 66.0 Å². The van der Waals surface area contributed by atoms with E-state index in [9.17, 15) is 10.2 Å². The van der Waals surface area contributed by atoms with Crippen LogP contribution in [0.25, 0.3) is 16.3 Å². The Morgan fingerprint density at radius 3 is 2.76 bits per heavy atom. The predicted molar refractivity (Wildman–Crippen MR) is 133 cm³/mol. The standard InChI is InChI=1S/C30H35NO2/c1-28(2)17-22-15-21-16-23(32)8-7-19(21)11-13-30(22,33)27-10-9-26(29(27,28)3)25-6-4-5-20-18-31-14-12-24(20)25/h4-6,9,12,14-15,17-19,23,27,32-33H,7-8,10-11,13,16H2,1-3H3/t19?,23?,27?,29?,30-/m1/s1. The summed E-state index contributed by atoms with van der Waals surface area (Å²) >= 11 is 0. The third-order valence-electron chi connectivity index (χ3n) is 9.78. The molecule has 0 bridgehead atoms. The number of hydrogen-bond acceptors (Lipinski definition) is 3. The molecule has 4 aliphatic rings. The van der Waals surface area contributed by atoms with Crippen molar-refractivity contribution < 1.29 is 10.2 Å². The number of hydrogen-bond donors (Lipinski definition) is 2. The van der Waals surface area contributed by atoms with Crippen LogP contribution in [0, 0.1) is 22.7 Å². The second-order valence-corrected chi connectivity index (χ2v) is 11.6. The summed E-state index contributed by atoms with van der Waals surface area (Å²) in [6.45, 7) is 7.07. The zero-order valence-electron chi connectivity index (χ0n) is 20.0. The maximum absolute atomic E-state index is 12.4. The molecule has 0 radical (unpaired) electrons. The minimum Gasteiger partial charge on any atom is -0.393 e. The lowest BCUT2D eigenvalue weighted by molar-refractivity contribution is -0.0651. The normalized spacial score (nSPS) is 37.2. The number of pyridine rings is 1. The minimum absolute atomic E-state index is 0.124. The first-order chi connectivity index (χ1) is 15.7. The van der Waals surface area contributed by atoms with Crippen molar-refractivity contribution in [1.29, 1.82) is 0 Å². The molecular formula is C30H35NO2. The lowest BCUT2D eigenvalue weighted by Crippen LogP contribution is -2.55. The van der Waals surface area contributed by atoms with Crippen LogP contribution in [-0.4, -0.2) is 26.9 Å². The Morgan fingerprint density at radius 2 is 1.91 bits per heavy atom. The van der Waals surface area contributed by atoms with Gasteiger partial charge in [-0.05, 0) is 78.0 Å². The smallest absolute Gasteiger partial charge is 0.0933 e. The number of nitrogens with zero attached hydrogens (tertiary/aromatic N) is 1. The fourth-order valence-electron chi connectivity index (χ4n) is 7.66. The van der Waals surface area contributed by atoms with Crippen molar-refractivity contribution in [3.05, 3.63) is 71.6 Å². The van der Waals surface area contributed by atoms with Gasteiger partial charge in [-0.1, -0.05) is 62.8 Å². The second-order valence-electron chi connectivity index (χ2n) is 11.6. The summed E-state index contributed by atoms with van der Waals surface area (Å²) in [5, 5.41) is 25.1. The first-order valence-electron chi connectivity index (χ1n) is 12.6. The van der Waals surface area contributed by atoms with Crippen molar-refractivity contribution in [2.45, 2.75) is 71.0 Å². The average Bonchev–Trinajstić information content (AvgIpc) is 3.10. The van der Waals surface area contributed by atoms with Gasteiger partial charge in [0, 0.05) is 29.1 Å². The van der Waals surface area contributed by atoms with Gasteiger partial charge in [-0.3, -0.25) is 4.98 Å². The van der Waals surface area contributed by atoms with Gasteiger partial charge in [0.15, 0.2) is 0 Å². The van der Waals surface area contributed by atoms with Crippen molar-refractivity contribution in [2.24, 2.45) is 22.7 Å². The molecule has 6 rings (SSSR count). The Balaban J connectivity index is 1.50. The SMILES string of the molecule is CC1(C)C=C2C=C3CC(O)CCC3CC[C@]2(O)C2CC=C(c3cccc4cnccc34)C21C. The molecule has 4 aliphatic carbocycles. The monoisotopic (exact) mass is 441 g/mol. The molecule has 2 aromatic rings. The van der Waals surface area contributed by atoms with E-state index in [-0.39, 0.29) is 22.9 Å². The Kier molecular flexibility index (Phi) is 4.61. The van der Waals surface area contributed by atoms with Gasteiger partial charge in [-0.15, -0.1) is 0 Å². The Hall–Kier alpha value is -2.23. The van der Waals surface area contributed by atoms with Crippen LogP contribution in [0.1, 0.15) is 64.9 Å². The van der Waals surface area contributed by atoms with Crippen LogP contribution in [0.5, 0.6) is 0 Å². The number of allylic oxidation sites excluding steroid dienone is 3. The summed E-state index contributed by atoms with van der Waals surface area (Å²) in [5.41, 5.74) is 3.95. The van der Waals surface area contributed by atoms with Gasteiger partial charge < -0.3 is 10.2 Å². The minimum atomic E-state index is -0.829. The molecule has 1 saturated carbocycles. The maximum atomic E-state index is 12.4. The molecule has 172 valence electrons. The third kappa shape index (κ3) is 2.91. The van der Waals surface area contributed by atoms with E-state index >= 15 is 0 Å². The molecule has 0 saturated heterocycles. The van der Waals surface area contributed by atoms with Gasteiger partial charge in [-0.2, -0.15) is 0 Å². The number of fused-ring (bicyclic) bond motifs is 5. The average molecular weight is 442 g/mol. The van der Waals surface area contributed by atoms with Crippen molar-refractivity contribution in [3.63, 3.8) is 0 Å². The van der Waals surface area contributed by atoms with Crippen LogP contribution >= 0.6 is 0 Å². The lowest BCUT2D eigenvalue weighted by Gasteiger charge is -2.56. The van der Waals surface area contributed by atoms with E-state index in [0.717, 1.165) is 49.5 Å². The highest BCUT2D eigenvalue weighted by Gasteiger charge is 2.62. The zero-order chi connectivity index (χ0) is 23.0. The summed E-state index contributed by atoms with van der Waals surface area (Å²) < 4.78 is 0. The van der Waals surface area contributed by atoms with Crippen LogP contribution < -0.4 is 0 Å². The van der Waals surface area contributed by atoms with Gasteiger partial charge in [0.2, 0.25) is 0 Å². The van der Waals surface area contributed by atoms with E-state index in [2.05, 4.69) is 68.2 Å². The predicted octanol–water partition coefficient (Wildman–Crippen LogP) is 6.22. The molecule has 1 aromatic heterocycles. The summed E-state index contributed by atoms with van der Waals surface area (Å²) in [6, 6.07) is 8.63. The second kappa shape index (κ2) is 7.13. The Morgan fingerprint density at radius 1 is 1.06 bits per heavy atom. The van der Waals surface area contributed by atoms with E-state index in [0.29, 0.717) is 5.92 Å². The van der Waals surface area contributed by atoms with E-state index in [1.807, 2.05) is 12.4 Å². The number of rotatable bonds is 1. The highest BCUT2D eigenvalue weighted by atomic mass is 16.3. The third-order valence-corrected chi connectivity index (χ3v) is 9.78. The summed E-state index contributed by atoms with van der Waals surface area (Å²) in [5.74, 6) is 0.631. The van der Waals surface area contributed by atoms with Gasteiger partial charge in [0.05, 0.1) is 11.7 Å². The quantitative estimate of drug-likeness (QED) is 0.552. The number of aliphatic hydroxyl groups is 2. The summed E-state index contributed by atoms with van der Waals surface area (Å²) in [4.78, 5) is 4.33. The fourth-order valence-corrected chi connectivity index (χ4v) is 7.66. The molecule has 1 fully saturated rings. The van der Waals surface area contributed by atoms with E-state index in [1.165, 1.54) is 22.1 Å². The number of benzene rings is 1. The van der Waals surface area contributed by atoms with Gasteiger partial charge >= 0.3 is 0 Å². The zero-order valence-corrected chi connectivity index (χ0v) is 20.0. The van der Waals surface area contributed by atoms with Crippen molar-refractivity contribution in [1.82, 2.24) is 4.98 Å². The van der Waals surface area contributed by atoms with Crippen LogP contribution in [0.2, 0.25) is 0 Å². The molecule has 3 heteroatoms. The van der Waals surface area contributed by atoms with Crippen molar-refractivity contribution in [3.8, 4) is 0 Å². The number of aromatic nitrogens is 1. The van der Waals surface area contributed by atoms with Gasteiger partial charge in [0.1, 0.15) is 0 Å². The first-order valence-corrected chi connectivity index (χ1v) is 12.6. The molecule has 5 atom stereocenters. The molecule has 1 aromatic carbocycles. The van der Waals surface area contributed by atoms with Gasteiger partial charge in [-0.25, -0.2) is 0 Å². The summed E-state index contributed by atoms with van der Waals surface area (Å²) in [7, 11) is 0. The molecule has 3 nitrogen and oxygen atoms in total. The number of aliphatic hydroxyl groups excluding tert-OH is 1. The summed E-state index contributed by atoms with van der Waals surface area (Å²) in [6.07, 6.45) is 16.0. The molecule has 0 aliphatic heterocycles. The van der Waals surface area contributed by atoms with E-state index in [1.54, 1.807) is 0 Å². The first kappa shape index (κ1) is 21.3. The molecule has 2 N–H and O–H groups in total. The van der Waals surface area contributed by atoms with Crippen LogP contribution in [0.4, 0.5) is 0 Å².